The minimum atomic E-state index is -0.930. The average Bonchev–Trinajstić information content (AvgIpc) is 2.48. The van der Waals surface area contributed by atoms with Crippen molar-refractivity contribution in [1.29, 1.82) is 0 Å². The number of nitrogens with two attached hydrogens (primary N) is 1. The van der Waals surface area contributed by atoms with Crippen molar-refractivity contribution in [3.63, 3.8) is 0 Å². The van der Waals surface area contributed by atoms with Crippen LogP contribution in [0.1, 0.15) is 16.8 Å². The Bertz CT molecular complexity index is 509. The summed E-state index contributed by atoms with van der Waals surface area (Å²) < 4.78 is 26.7. The summed E-state index contributed by atoms with van der Waals surface area (Å²) in [6, 6.07) is 2.58. The Kier molecular flexibility index (Phi) is 7.83. The number of carbonyl (C=O) groups excluding carboxylic acids is 2. The molecule has 0 aliphatic heterocycles. The van der Waals surface area contributed by atoms with Crippen molar-refractivity contribution in [1.82, 2.24) is 10.6 Å². The van der Waals surface area contributed by atoms with Gasteiger partial charge in [0.25, 0.3) is 5.91 Å². The standard InChI is InChI=1S/C14H19F2N3O2S/c1-22-8-5-11(17)13(20)18-6-7-19-14(21)12-9(15)3-2-4-10(12)16/h2-4,11H,5-8,17H2,1H3,(H,18,20)(H,19,21)/t11-/m0/s1. The molecule has 0 bridgehead atoms. The molecule has 0 aromatic heterocycles. The first kappa shape index (κ1) is 18.4. The van der Waals surface area contributed by atoms with Crippen LogP contribution in [0.3, 0.4) is 0 Å². The van der Waals surface area contributed by atoms with Crippen molar-refractivity contribution >= 4 is 23.6 Å². The fourth-order valence-corrected chi connectivity index (χ4v) is 2.16. The molecule has 0 aliphatic carbocycles. The molecule has 1 atom stereocenters. The third-order valence-corrected chi connectivity index (χ3v) is 3.51. The van der Waals surface area contributed by atoms with Crippen LogP contribution < -0.4 is 16.4 Å². The monoisotopic (exact) mass is 331 g/mol. The fraction of sp³-hybridized carbons (Fsp3) is 0.429. The van der Waals surface area contributed by atoms with Gasteiger partial charge in [-0.05, 0) is 30.6 Å². The van der Waals surface area contributed by atoms with E-state index in [9.17, 15) is 18.4 Å². The predicted octanol–water partition coefficient (Wildman–Crippen LogP) is 0.891. The summed E-state index contributed by atoms with van der Waals surface area (Å²) in [5.74, 6) is -2.27. The highest BCUT2D eigenvalue weighted by Gasteiger charge is 2.16. The first-order valence-electron chi connectivity index (χ1n) is 6.71. The van der Waals surface area contributed by atoms with E-state index in [0.29, 0.717) is 6.42 Å². The number of hydrogen-bond acceptors (Lipinski definition) is 4. The molecule has 122 valence electrons. The van der Waals surface area contributed by atoms with Crippen LogP contribution in [0.4, 0.5) is 8.78 Å². The molecule has 22 heavy (non-hydrogen) atoms. The summed E-state index contributed by atoms with van der Waals surface area (Å²) in [4.78, 5) is 23.3. The molecule has 0 radical (unpaired) electrons. The van der Waals surface area contributed by atoms with E-state index in [1.807, 2.05) is 6.26 Å². The summed E-state index contributed by atoms with van der Waals surface area (Å²) in [5.41, 5.74) is 5.03. The van der Waals surface area contributed by atoms with Crippen LogP contribution >= 0.6 is 11.8 Å². The smallest absolute Gasteiger partial charge is 0.257 e. The van der Waals surface area contributed by atoms with Crippen molar-refractivity contribution in [2.24, 2.45) is 5.73 Å². The van der Waals surface area contributed by atoms with Crippen molar-refractivity contribution in [3.05, 3.63) is 35.4 Å². The van der Waals surface area contributed by atoms with Crippen molar-refractivity contribution in [2.75, 3.05) is 25.1 Å². The highest BCUT2D eigenvalue weighted by molar-refractivity contribution is 7.98. The van der Waals surface area contributed by atoms with Gasteiger partial charge in [0.05, 0.1) is 6.04 Å². The molecule has 0 saturated carbocycles. The number of thioether (sulfide) groups is 1. The van der Waals surface area contributed by atoms with Crippen LogP contribution in [0.15, 0.2) is 18.2 Å². The molecule has 2 amide bonds. The molecule has 1 aromatic carbocycles. The van der Waals surface area contributed by atoms with E-state index in [-0.39, 0.29) is 19.0 Å². The van der Waals surface area contributed by atoms with Gasteiger partial charge in [0.1, 0.15) is 17.2 Å². The number of hydrogen-bond donors (Lipinski definition) is 3. The van der Waals surface area contributed by atoms with Crippen LogP contribution in [0.25, 0.3) is 0 Å². The summed E-state index contributed by atoms with van der Waals surface area (Å²) in [7, 11) is 0. The normalized spacial score (nSPS) is 11.8. The second-order valence-electron chi connectivity index (χ2n) is 4.53. The van der Waals surface area contributed by atoms with E-state index in [1.54, 1.807) is 11.8 Å². The number of benzene rings is 1. The fourth-order valence-electron chi connectivity index (χ4n) is 1.67. The molecule has 0 heterocycles. The second kappa shape index (κ2) is 9.37. The quantitative estimate of drug-likeness (QED) is 0.618. The van der Waals surface area contributed by atoms with Gasteiger partial charge >= 0.3 is 0 Å². The largest absolute Gasteiger partial charge is 0.353 e. The van der Waals surface area contributed by atoms with Crippen molar-refractivity contribution < 1.29 is 18.4 Å². The Morgan fingerprint density at radius 3 is 2.41 bits per heavy atom. The Morgan fingerprint density at radius 2 is 1.82 bits per heavy atom. The lowest BCUT2D eigenvalue weighted by Crippen LogP contribution is -2.43. The number of amides is 2. The van der Waals surface area contributed by atoms with E-state index in [1.165, 1.54) is 6.07 Å². The van der Waals surface area contributed by atoms with Gasteiger partial charge in [-0.1, -0.05) is 6.07 Å². The predicted molar refractivity (Wildman–Crippen MR) is 82.7 cm³/mol. The van der Waals surface area contributed by atoms with E-state index >= 15 is 0 Å². The second-order valence-corrected chi connectivity index (χ2v) is 5.52. The third kappa shape index (κ3) is 5.61. The van der Waals surface area contributed by atoms with Gasteiger partial charge < -0.3 is 16.4 Å². The molecule has 1 aromatic rings. The van der Waals surface area contributed by atoms with E-state index < -0.39 is 29.1 Å². The molecule has 8 heteroatoms. The maximum Gasteiger partial charge on any atom is 0.257 e. The molecule has 0 unspecified atom stereocenters. The zero-order valence-corrected chi connectivity index (χ0v) is 13.0. The summed E-state index contributed by atoms with van der Waals surface area (Å²) in [5, 5.41) is 4.89. The molecule has 0 fully saturated rings. The Hall–Kier alpha value is -1.67. The molecular formula is C14H19F2N3O2S. The zero-order chi connectivity index (χ0) is 16.5. The van der Waals surface area contributed by atoms with E-state index in [0.717, 1.165) is 17.9 Å². The Morgan fingerprint density at radius 1 is 1.23 bits per heavy atom. The van der Waals surface area contributed by atoms with Crippen LogP contribution in [0.5, 0.6) is 0 Å². The topological polar surface area (TPSA) is 84.2 Å². The van der Waals surface area contributed by atoms with Gasteiger partial charge in [-0.2, -0.15) is 11.8 Å². The van der Waals surface area contributed by atoms with Gasteiger partial charge in [-0.25, -0.2) is 8.78 Å². The summed E-state index contributed by atoms with van der Waals surface area (Å²) >= 11 is 1.59. The highest BCUT2D eigenvalue weighted by atomic mass is 32.2. The molecule has 0 aliphatic rings. The first-order valence-corrected chi connectivity index (χ1v) is 8.11. The first-order chi connectivity index (χ1) is 10.5. The minimum Gasteiger partial charge on any atom is -0.353 e. The third-order valence-electron chi connectivity index (χ3n) is 2.87. The number of carbonyl (C=O) groups is 2. The SMILES string of the molecule is CSCC[C@H](N)C(=O)NCCNC(=O)c1c(F)cccc1F. The Balaban J connectivity index is 2.36. The summed E-state index contributed by atoms with van der Waals surface area (Å²) in [6.07, 6.45) is 2.47. The lowest BCUT2D eigenvalue weighted by molar-refractivity contribution is -0.122. The highest BCUT2D eigenvalue weighted by Crippen LogP contribution is 2.11. The lowest BCUT2D eigenvalue weighted by Gasteiger charge is -2.12. The molecular weight excluding hydrogens is 312 g/mol. The zero-order valence-electron chi connectivity index (χ0n) is 12.2. The molecule has 0 spiro atoms. The minimum absolute atomic E-state index is 0.0492. The van der Waals surface area contributed by atoms with Crippen LogP contribution in [-0.4, -0.2) is 43.0 Å². The maximum atomic E-state index is 13.4. The van der Waals surface area contributed by atoms with E-state index in [4.69, 9.17) is 5.73 Å². The molecule has 5 nitrogen and oxygen atoms in total. The summed E-state index contributed by atoms with van der Waals surface area (Å²) in [6.45, 7) is 0.182. The van der Waals surface area contributed by atoms with Gasteiger partial charge in [0.15, 0.2) is 0 Å². The number of nitrogens with one attached hydrogen (secondary N) is 2. The number of halogens is 2. The lowest BCUT2D eigenvalue weighted by atomic mass is 10.2. The van der Waals surface area contributed by atoms with Crippen molar-refractivity contribution in [2.45, 2.75) is 12.5 Å². The van der Waals surface area contributed by atoms with Crippen LogP contribution in [0.2, 0.25) is 0 Å². The molecule has 4 N–H and O–H groups in total. The van der Waals surface area contributed by atoms with Crippen molar-refractivity contribution in [3.8, 4) is 0 Å². The maximum absolute atomic E-state index is 13.4. The van der Waals surface area contributed by atoms with Gasteiger partial charge in [-0.3, -0.25) is 9.59 Å². The van der Waals surface area contributed by atoms with Gasteiger partial charge in [-0.15, -0.1) is 0 Å². The van der Waals surface area contributed by atoms with Gasteiger partial charge in [0.2, 0.25) is 5.91 Å². The van der Waals surface area contributed by atoms with Crippen LogP contribution in [0, 0.1) is 11.6 Å². The number of rotatable bonds is 8. The molecule has 1 rings (SSSR count). The van der Waals surface area contributed by atoms with E-state index in [2.05, 4.69) is 10.6 Å². The molecule has 0 saturated heterocycles. The average molecular weight is 331 g/mol. The van der Waals surface area contributed by atoms with Crippen LogP contribution in [-0.2, 0) is 4.79 Å². The Labute approximate surface area is 132 Å². The van der Waals surface area contributed by atoms with Gasteiger partial charge in [0, 0.05) is 13.1 Å².